The van der Waals surface area contributed by atoms with Gasteiger partial charge in [-0.25, -0.2) is 4.79 Å². The molecule has 1 fully saturated rings. The van der Waals surface area contributed by atoms with E-state index in [1.807, 2.05) is 23.8 Å². The van der Waals surface area contributed by atoms with Crippen molar-refractivity contribution in [3.8, 4) is 0 Å². The van der Waals surface area contributed by atoms with Crippen LogP contribution in [0.5, 0.6) is 0 Å². The molecule has 82 valence electrons. The highest BCUT2D eigenvalue weighted by Crippen LogP contribution is 2.08. The van der Waals surface area contributed by atoms with Crippen molar-refractivity contribution in [1.29, 1.82) is 0 Å². The fourth-order valence-electron chi connectivity index (χ4n) is 1.79. The van der Waals surface area contributed by atoms with Crippen LogP contribution >= 0.6 is 0 Å². The van der Waals surface area contributed by atoms with E-state index in [0.29, 0.717) is 0 Å². The molecule has 0 radical (unpaired) electrons. The van der Waals surface area contributed by atoms with Crippen molar-refractivity contribution in [2.24, 2.45) is 0 Å². The zero-order chi connectivity index (χ0) is 10.4. The number of hydrogen-bond acceptors (Lipinski definition) is 2. The van der Waals surface area contributed by atoms with E-state index in [1.54, 1.807) is 0 Å². The van der Waals surface area contributed by atoms with Crippen LogP contribution in [0.2, 0.25) is 0 Å². The Morgan fingerprint density at radius 1 is 1.36 bits per heavy atom. The van der Waals surface area contributed by atoms with Gasteiger partial charge in [-0.05, 0) is 33.4 Å². The summed E-state index contributed by atoms with van der Waals surface area (Å²) in [6.45, 7) is 6.60. The van der Waals surface area contributed by atoms with Crippen molar-refractivity contribution in [3.63, 3.8) is 0 Å². The van der Waals surface area contributed by atoms with Gasteiger partial charge in [-0.15, -0.1) is 0 Å². The van der Waals surface area contributed by atoms with Crippen molar-refractivity contribution < 1.29 is 4.79 Å². The maximum Gasteiger partial charge on any atom is 0.319 e. The Bertz CT molecular complexity index is 184. The van der Waals surface area contributed by atoms with Gasteiger partial charge in [0.05, 0.1) is 0 Å². The first-order valence-electron chi connectivity index (χ1n) is 5.48. The lowest BCUT2D eigenvalue weighted by Gasteiger charge is -2.35. The van der Waals surface area contributed by atoms with Crippen molar-refractivity contribution >= 4 is 6.03 Å². The minimum atomic E-state index is 0.217. The second-order valence-corrected chi connectivity index (χ2v) is 3.66. The van der Waals surface area contributed by atoms with E-state index in [9.17, 15) is 4.79 Å². The fourth-order valence-corrected chi connectivity index (χ4v) is 1.79. The number of urea groups is 1. The van der Waals surface area contributed by atoms with E-state index < -0.39 is 0 Å². The molecule has 1 heterocycles. The predicted octanol–water partition coefficient (Wildman–Crippen LogP) is 0.744. The minimum absolute atomic E-state index is 0.217. The highest BCUT2D eigenvalue weighted by atomic mass is 16.2. The van der Waals surface area contributed by atoms with Gasteiger partial charge in [0, 0.05) is 26.2 Å². The van der Waals surface area contributed by atoms with Gasteiger partial charge in [0.2, 0.25) is 0 Å². The highest BCUT2D eigenvalue weighted by molar-refractivity contribution is 5.75. The standard InChI is InChI=1S/C10H21N3O/c1-3-12-8-5-9-13(10(12)14)7-4-6-11-2/h11H,3-9H2,1-2H3. The molecule has 4 nitrogen and oxygen atoms in total. The van der Waals surface area contributed by atoms with E-state index >= 15 is 0 Å². The number of nitrogens with one attached hydrogen (secondary N) is 1. The number of amides is 2. The molecule has 0 aromatic carbocycles. The van der Waals surface area contributed by atoms with Gasteiger partial charge in [0.25, 0.3) is 0 Å². The van der Waals surface area contributed by atoms with Crippen LogP contribution in [-0.2, 0) is 0 Å². The highest BCUT2D eigenvalue weighted by Gasteiger charge is 2.23. The third kappa shape index (κ3) is 2.87. The van der Waals surface area contributed by atoms with Crippen molar-refractivity contribution in [3.05, 3.63) is 0 Å². The van der Waals surface area contributed by atoms with E-state index in [4.69, 9.17) is 0 Å². The molecule has 0 spiro atoms. The van der Waals surface area contributed by atoms with Crippen LogP contribution in [-0.4, -0.2) is 55.6 Å². The summed E-state index contributed by atoms with van der Waals surface area (Å²) in [5.74, 6) is 0. The monoisotopic (exact) mass is 199 g/mol. The Kier molecular flexibility index (Phi) is 4.73. The molecule has 0 aromatic heterocycles. The smallest absolute Gasteiger partial charge is 0.319 e. The number of carbonyl (C=O) groups is 1. The average Bonchev–Trinajstić information content (AvgIpc) is 2.21. The SMILES string of the molecule is CCN1CCCN(CCCNC)C1=O. The van der Waals surface area contributed by atoms with Crippen LogP contribution in [0.3, 0.4) is 0 Å². The summed E-state index contributed by atoms with van der Waals surface area (Å²) in [6, 6.07) is 0.217. The van der Waals surface area contributed by atoms with E-state index in [-0.39, 0.29) is 6.03 Å². The summed E-state index contributed by atoms with van der Waals surface area (Å²) in [6.07, 6.45) is 2.15. The Labute approximate surface area is 86.2 Å². The fraction of sp³-hybridized carbons (Fsp3) is 0.900. The summed E-state index contributed by atoms with van der Waals surface area (Å²) < 4.78 is 0. The minimum Gasteiger partial charge on any atom is -0.325 e. The van der Waals surface area contributed by atoms with E-state index in [2.05, 4.69) is 5.32 Å². The molecule has 14 heavy (non-hydrogen) atoms. The van der Waals surface area contributed by atoms with Gasteiger partial charge in [-0.1, -0.05) is 0 Å². The second kappa shape index (κ2) is 5.86. The lowest BCUT2D eigenvalue weighted by Crippen LogP contribution is -2.49. The zero-order valence-corrected chi connectivity index (χ0v) is 9.25. The Morgan fingerprint density at radius 2 is 2.07 bits per heavy atom. The van der Waals surface area contributed by atoms with Crippen molar-refractivity contribution in [2.75, 3.05) is 39.8 Å². The van der Waals surface area contributed by atoms with Gasteiger partial charge >= 0.3 is 6.03 Å². The molecular formula is C10H21N3O. The third-order valence-electron chi connectivity index (χ3n) is 2.63. The molecule has 1 aliphatic heterocycles. The molecule has 0 aromatic rings. The predicted molar refractivity (Wildman–Crippen MR) is 57.4 cm³/mol. The number of rotatable bonds is 5. The molecule has 0 unspecified atom stereocenters. The molecular weight excluding hydrogens is 178 g/mol. The first kappa shape index (κ1) is 11.3. The van der Waals surface area contributed by atoms with Gasteiger partial charge in [0.15, 0.2) is 0 Å². The Balaban J connectivity index is 2.32. The van der Waals surface area contributed by atoms with Crippen LogP contribution in [0.15, 0.2) is 0 Å². The van der Waals surface area contributed by atoms with Crippen LogP contribution in [0.25, 0.3) is 0 Å². The maximum atomic E-state index is 11.8. The molecule has 1 aliphatic rings. The third-order valence-corrected chi connectivity index (χ3v) is 2.63. The largest absolute Gasteiger partial charge is 0.325 e. The normalized spacial score (nSPS) is 17.7. The van der Waals surface area contributed by atoms with Gasteiger partial charge in [-0.3, -0.25) is 0 Å². The van der Waals surface area contributed by atoms with Gasteiger partial charge in [-0.2, -0.15) is 0 Å². The quantitative estimate of drug-likeness (QED) is 0.663. The molecule has 0 bridgehead atoms. The molecule has 4 heteroatoms. The topological polar surface area (TPSA) is 35.6 Å². The Morgan fingerprint density at radius 3 is 2.71 bits per heavy atom. The summed E-state index contributed by atoms with van der Waals surface area (Å²) >= 11 is 0. The van der Waals surface area contributed by atoms with Gasteiger partial charge < -0.3 is 15.1 Å². The second-order valence-electron chi connectivity index (χ2n) is 3.66. The lowest BCUT2D eigenvalue weighted by atomic mass is 10.2. The lowest BCUT2D eigenvalue weighted by molar-refractivity contribution is 0.132. The summed E-state index contributed by atoms with van der Waals surface area (Å²) in [5.41, 5.74) is 0. The molecule has 0 aliphatic carbocycles. The summed E-state index contributed by atoms with van der Waals surface area (Å²) in [7, 11) is 1.94. The first-order chi connectivity index (χ1) is 6.79. The maximum absolute atomic E-state index is 11.8. The summed E-state index contributed by atoms with van der Waals surface area (Å²) in [5, 5.41) is 3.10. The number of hydrogen-bond donors (Lipinski definition) is 1. The van der Waals surface area contributed by atoms with Crippen molar-refractivity contribution in [2.45, 2.75) is 19.8 Å². The van der Waals surface area contributed by atoms with Crippen LogP contribution in [0.4, 0.5) is 4.79 Å². The molecule has 1 saturated heterocycles. The van der Waals surface area contributed by atoms with E-state index in [1.165, 1.54) is 0 Å². The molecule has 1 N–H and O–H groups in total. The van der Waals surface area contributed by atoms with E-state index in [0.717, 1.165) is 45.6 Å². The first-order valence-corrected chi connectivity index (χ1v) is 5.48. The number of nitrogens with zero attached hydrogens (tertiary/aromatic N) is 2. The molecule has 1 rings (SSSR count). The van der Waals surface area contributed by atoms with Gasteiger partial charge in [0.1, 0.15) is 0 Å². The number of carbonyl (C=O) groups excluding carboxylic acids is 1. The van der Waals surface area contributed by atoms with Crippen LogP contribution in [0.1, 0.15) is 19.8 Å². The van der Waals surface area contributed by atoms with Crippen LogP contribution < -0.4 is 5.32 Å². The Hall–Kier alpha value is -0.770. The summed E-state index contributed by atoms with van der Waals surface area (Å²) in [4.78, 5) is 15.7. The molecule has 0 atom stereocenters. The van der Waals surface area contributed by atoms with Crippen LogP contribution in [0, 0.1) is 0 Å². The zero-order valence-electron chi connectivity index (χ0n) is 9.25. The molecule has 0 saturated carbocycles. The molecule has 2 amide bonds. The average molecular weight is 199 g/mol. The van der Waals surface area contributed by atoms with Crippen molar-refractivity contribution in [1.82, 2.24) is 15.1 Å².